The van der Waals surface area contributed by atoms with E-state index in [1.165, 1.54) is 24.9 Å². The largest absolute Gasteiger partial charge is 0.395 e. The van der Waals surface area contributed by atoms with Crippen LogP contribution in [0.25, 0.3) is 10.8 Å². The predicted octanol–water partition coefficient (Wildman–Crippen LogP) is 2.46. The maximum Gasteiger partial charge on any atom is 0.257 e. The van der Waals surface area contributed by atoms with Crippen molar-refractivity contribution in [3.8, 4) is 0 Å². The third-order valence-corrected chi connectivity index (χ3v) is 5.79. The van der Waals surface area contributed by atoms with E-state index in [1.54, 1.807) is 4.90 Å². The minimum absolute atomic E-state index is 0.0413. The van der Waals surface area contributed by atoms with Crippen LogP contribution in [0, 0.1) is 0 Å². The molecule has 5 nitrogen and oxygen atoms in total. The van der Waals surface area contributed by atoms with Crippen molar-refractivity contribution in [3.63, 3.8) is 0 Å². The summed E-state index contributed by atoms with van der Waals surface area (Å²) in [6, 6.07) is 10.3. The van der Waals surface area contributed by atoms with Gasteiger partial charge in [0.05, 0.1) is 6.61 Å². The van der Waals surface area contributed by atoms with Crippen LogP contribution in [-0.4, -0.2) is 48.8 Å². The molecule has 3 aliphatic heterocycles. The first-order valence-corrected chi connectivity index (χ1v) is 9.14. The van der Waals surface area contributed by atoms with E-state index in [1.807, 2.05) is 6.07 Å². The maximum absolute atomic E-state index is 13.1. The Morgan fingerprint density at radius 3 is 2.64 bits per heavy atom. The molecule has 3 heterocycles. The van der Waals surface area contributed by atoms with Crippen LogP contribution in [0.5, 0.6) is 0 Å². The van der Waals surface area contributed by atoms with Gasteiger partial charge in [-0.1, -0.05) is 18.2 Å². The molecular formula is C20H22N2O3. The van der Waals surface area contributed by atoms with Gasteiger partial charge in [0.15, 0.2) is 5.72 Å². The fraction of sp³-hybridized carbons (Fsp3) is 0.450. The highest BCUT2D eigenvalue weighted by Crippen LogP contribution is 2.50. The summed E-state index contributed by atoms with van der Waals surface area (Å²) in [6.07, 6.45) is 3.74. The minimum atomic E-state index is -0.674. The molecule has 2 aromatic rings. The molecule has 0 bridgehead atoms. The highest BCUT2D eigenvalue weighted by Gasteiger charge is 2.57. The number of ether oxygens (including phenoxy) is 1. The van der Waals surface area contributed by atoms with Crippen molar-refractivity contribution in [2.45, 2.75) is 25.0 Å². The van der Waals surface area contributed by atoms with Crippen LogP contribution in [0.1, 0.15) is 35.2 Å². The number of aliphatic hydroxyl groups excluding tert-OH is 1. The van der Waals surface area contributed by atoms with E-state index in [2.05, 4.69) is 29.2 Å². The van der Waals surface area contributed by atoms with Crippen LogP contribution in [0.2, 0.25) is 0 Å². The average molecular weight is 338 g/mol. The van der Waals surface area contributed by atoms with Gasteiger partial charge >= 0.3 is 0 Å². The van der Waals surface area contributed by atoms with Gasteiger partial charge in [0.1, 0.15) is 6.61 Å². The number of aliphatic hydroxyl groups is 1. The van der Waals surface area contributed by atoms with Gasteiger partial charge in [0.2, 0.25) is 0 Å². The van der Waals surface area contributed by atoms with Crippen LogP contribution < -0.4 is 4.90 Å². The Labute approximate surface area is 146 Å². The number of amides is 1. The molecule has 2 aromatic carbocycles. The first-order chi connectivity index (χ1) is 12.3. The molecule has 5 rings (SSSR count). The topological polar surface area (TPSA) is 56.3 Å². The molecule has 1 unspecified atom stereocenters. The lowest BCUT2D eigenvalue weighted by Crippen LogP contribution is -2.46. The zero-order valence-electron chi connectivity index (χ0n) is 14.2. The molecule has 0 aromatic heterocycles. The summed E-state index contributed by atoms with van der Waals surface area (Å²) in [5.74, 6) is -0.0413. The Bertz CT molecular complexity index is 853. The number of hydrogen-bond acceptors (Lipinski definition) is 4. The third-order valence-electron chi connectivity index (χ3n) is 5.79. The number of rotatable bonds is 3. The molecule has 25 heavy (non-hydrogen) atoms. The molecule has 1 spiro atoms. The van der Waals surface area contributed by atoms with Crippen LogP contribution >= 0.6 is 0 Å². The number of carbonyl (C=O) groups is 1. The molecular weight excluding hydrogens is 316 g/mol. The number of nitrogens with zero attached hydrogens (tertiary/aromatic N) is 2. The van der Waals surface area contributed by atoms with Gasteiger partial charge in [-0.25, -0.2) is 0 Å². The highest BCUT2D eigenvalue weighted by atomic mass is 16.6. The lowest BCUT2D eigenvalue weighted by Gasteiger charge is -2.36. The van der Waals surface area contributed by atoms with Crippen LogP contribution in [0.15, 0.2) is 30.3 Å². The SMILES string of the molecule is O=C1c2ccc(N3CCCCC3)c3cccc(c23)C2(CO2)N1CCO. The summed E-state index contributed by atoms with van der Waals surface area (Å²) in [5, 5.41) is 11.6. The summed E-state index contributed by atoms with van der Waals surface area (Å²) in [4.78, 5) is 17.2. The van der Waals surface area contributed by atoms with Crippen molar-refractivity contribution in [2.75, 3.05) is 37.7 Å². The van der Waals surface area contributed by atoms with Gasteiger partial charge in [-0.3, -0.25) is 4.79 Å². The summed E-state index contributed by atoms with van der Waals surface area (Å²) >= 11 is 0. The van der Waals surface area contributed by atoms with E-state index in [0.29, 0.717) is 13.2 Å². The molecule has 0 saturated carbocycles. The molecule has 1 N–H and O–H groups in total. The van der Waals surface area contributed by atoms with Crippen molar-refractivity contribution < 1.29 is 14.6 Å². The average Bonchev–Trinajstić information content (AvgIpc) is 3.45. The zero-order chi connectivity index (χ0) is 17.0. The number of β-amino-alcohol motifs (C(OH)–C–C–N with tert-alkyl or cyclic N) is 1. The predicted molar refractivity (Wildman–Crippen MR) is 95.8 cm³/mol. The van der Waals surface area contributed by atoms with E-state index in [9.17, 15) is 9.90 Å². The lowest BCUT2D eigenvalue weighted by atomic mass is 9.88. The Hall–Kier alpha value is -2.11. The van der Waals surface area contributed by atoms with Crippen molar-refractivity contribution in [2.24, 2.45) is 0 Å². The van der Waals surface area contributed by atoms with Gasteiger partial charge < -0.3 is 19.6 Å². The number of fused-ring (bicyclic) bond motifs is 1. The lowest BCUT2D eigenvalue weighted by molar-refractivity contribution is 0.0354. The van der Waals surface area contributed by atoms with Crippen molar-refractivity contribution in [1.29, 1.82) is 0 Å². The van der Waals surface area contributed by atoms with Gasteiger partial charge in [0, 0.05) is 47.2 Å². The standard InChI is InChI=1S/C20H22N2O3/c23-12-11-22-19(24)15-7-8-17(21-9-2-1-3-10-21)14-5-4-6-16(18(14)15)20(22)13-25-20/h4-8,23H,1-3,9-13H2. The Morgan fingerprint density at radius 1 is 1.12 bits per heavy atom. The van der Waals surface area contributed by atoms with Gasteiger partial charge in [-0.2, -0.15) is 0 Å². The van der Waals surface area contributed by atoms with E-state index in [-0.39, 0.29) is 12.5 Å². The first-order valence-electron chi connectivity index (χ1n) is 9.14. The Kier molecular flexibility index (Phi) is 3.30. The van der Waals surface area contributed by atoms with Crippen LogP contribution in [0.4, 0.5) is 5.69 Å². The van der Waals surface area contributed by atoms with E-state index in [4.69, 9.17) is 4.74 Å². The summed E-state index contributed by atoms with van der Waals surface area (Å²) < 4.78 is 5.79. The summed E-state index contributed by atoms with van der Waals surface area (Å²) in [6.45, 7) is 2.89. The van der Waals surface area contributed by atoms with Gasteiger partial charge in [-0.05, 0) is 31.4 Å². The molecule has 5 heteroatoms. The quantitative estimate of drug-likeness (QED) is 0.874. The summed E-state index contributed by atoms with van der Waals surface area (Å²) in [7, 11) is 0. The smallest absolute Gasteiger partial charge is 0.257 e. The Morgan fingerprint density at radius 2 is 1.92 bits per heavy atom. The summed E-state index contributed by atoms with van der Waals surface area (Å²) in [5.41, 5.74) is 2.33. The normalized spacial score (nSPS) is 25.1. The van der Waals surface area contributed by atoms with Gasteiger partial charge in [-0.15, -0.1) is 0 Å². The van der Waals surface area contributed by atoms with Crippen LogP contribution in [0.3, 0.4) is 0 Å². The molecule has 2 fully saturated rings. The maximum atomic E-state index is 13.1. The molecule has 130 valence electrons. The number of epoxide rings is 1. The second kappa shape index (κ2) is 5.44. The third kappa shape index (κ3) is 2.06. The monoisotopic (exact) mass is 338 g/mol. The highest BCUT2D eigenvalue weighted by molar-refractivity contribution is 6.14. The van der Waals surface area contributed by atoms with Crippen LogP contribution in [-0.2, 0) is 10.5 Å². The van der Waals surface area contributed by atoms with E-state index in [0.717, 1.165) is 35.0 Å². The first kappa shape index (κ1) is 15.2. The second-order valence-corrected chi connectivity index (χ2v) is 7.16. The van der Waals surface area contributed by atoms with E-state index < -0.39 is 5.72 Å². The van der Waals surface area contributed by atoms with Gasteiger partial charge in [0.25, 0.3) is 5.91 Å². The number of carbonyl (C=O) groups excluding carboxylic acids is 1. The Balaban J connectivity index is 1.72. The number of anilines is 1. The molecule has 1 amide bonds. The number of hydrogen-bond donors (Lipinski definition) is 1. The second-order valence-electron chi connectivity index (χ2n) is 7.16. The number of benzene rings is 2. The zero-order valence-corrected chi connectivity index (χ0v) is 14.2. The molecule has 0 aliphatic carbocycles. The minimum Gasteiger partial charge on any atom is -0.395 e. The molecule has 3 aliphatic rings. The molecule has 0 radical (unpaired) electrons. The fourth-order valence-corrected chi connectivity index (χ4v) is 4.52. The van der Waals surface area contributed by atoms with E-state index >= 15 is 0 Å². The number of piperidine rings is 1. The molecule has 1 atom stereocenters. The molecule has 2 saturated heterocycles. The fourth-order valence-electron chi connectivity index (χ4n) is 4.52. The van der Waals surface area contributed by atoms with Crippen molar-refractivity contribution in [1.82, 2.24) is 4.90 Å². The van der Waals surface area contributed by atoms with Crippen molar-refractivity contribution in [3.05, 3.63) is 41.5 Å². The van der Waals surface area contributed by atoms with Crippen molar-refractivity contribution >= 4 is 22.4 Å².